The molecule has 1 aromatic heterocycles. The van der Waals surface area contributed by atoms with Gasteiger partial charge < -0.3 is 0 Å². The molecule has 0 saturated carbocycles. The Balaban J connectivity index is 2.00. The highest BCUT2D eigenvalue weighted by Gasteiger charge is 2.15. The first-order valence-electron chi connectivity index (χ1n) is 8.50. The summed E-state index contributed by atoms with van der Waals surface area (Å²) in [4.78, 5) is 4.81. The van der Waals surface area contributed by atoms with Crippen molar-refractivity contribution in [3.05, 3.63) is 103 Å². The summed E-state index contributed by atoms with van der Waals surface area (Å²) in [6.45, 7) is 2.17. The van der Waals surface area contributed by atoms with Gasteiger partial charge >= 0.3 is 0 Å². The molecule has 120 valence electrons. The number of hydrogen-bond donors (Lipinski definition) is 0. The van der Waals surface area contributed by atoms with Crippen LogP contribution in [0, 0.1) is 6.92 Å². The molecule has 0 fully saturated rings. The Morgan fingerprint density at radius 3 is 1.60 bits per heavy atom. The van der Waals surface area contributed by atoms with Gasteiger partial charge in [-0.1, -0.05) is 91.0 Å². The zero-order valence-electron chi connectivity index (χ0n) is 14.2. The summed E-state index contributed by atoms with van der Waals surface area (Å²) in [6, 6.07) is 31.4. The maximum Gasteiger partial charge on any atom is 0.0737 e. The van der Waals surface area contributed by atoms with Gasteiger partial charge in [-0.3, -0.25) is 4.98 Å². The van der Waals surface area contributed by atoms with Crippen molar-refractivity contribution in [3.8, 4) is 33.5 Å². The summed E-state index contributed by atoms with van der Waals surface area (Å²) in [6.07, 6.45) is 2.01. The zero-order valence-corrected chi connectivity index (χ0v) is 14.2. The first-order chi connectivity index (χ1) is 12.3. The average Bonchev–Trinajstić information content (AvgIpc) is 2.70. The third-order valence-corrected chi connectivity index (χ3v) is 4.52. The standard InChI is InChI=1S/C24H19N/c1-18-23(20-13-7-3-8-14-20)22(19-11-5-2-6-12-19)17-25-24(18)21-15-9-4-10-16-21/h2-17H,1H3. The summed E-state index contributed by atoms with van der Waals surface area (Å²) in [7, 11) is 0. The molecule has 4 rings (SSSR count). The quantitative estimate of drug-likeness (QED) is 0.426. The van der Waals surface area contributed by atoms with Crippen molar-refractivity contribution in [3.63, 3.8) is 0 Å². The molecule has 0 aliphatic heterocycles. The van der Waals surface area contributed by atoms with E-state index in [9.17, 15) is 0 Å². The van der Waals surface area contributed by atoms with Crippen LogP contribution in [0.2, 0.25) is 0 Å². The second-order valence-corrected chi connectivity index (χ2v) is 6.12. The number of aromatic nitrogens is 1. The lowest BCUT2D eigenvalue weighted by Gasteiger charge is -2.16. The first-order valence-corrected chi connectivity index (χ1v) is 8.50. The van der Waals surface area contributed by atoms with Gasteiger partial charge in [0.2, 0.25) is 0 Å². The highest BCUT2D eigenvalue weighted by atomic mass is 14.7. The van der Waals surface area contributed by atoms with E-state index in [1.165, 1.54) is 27.8 Å². The maximum absolute atomic E-state index is 4.81. The lowest BCUT2D eigenvalue weighted by molar-refractivity contribution is 1.27. The van der Waals surface area contributed by atoms with Crippen LogP contribution in [-0.4, -0.2) is 4.98 Å². The smallest absolute Gasteiger partial charge is 0.0737 e. The fourth-order valence-electron chi connectivity index (χ4n) is 3.31. The van der Waals surface area contributed by atoms with Crippen molar-refractivity contribution in [1.29, 1.82) is 0 Å². The largest absolute Gasteiger partial charge is 0.255 e. The van der Waals surface area contributed by atoms with Crippen LogP contribution < -0.4 is 0 Å². The Hall–Kier alpha value is -3.19. The Morgan fingerprint density at radius 2 is 1.04 bits per heavy atom. The molecule has 0 atom stereocenters. The Morgan fingerprint density at radius 1 is 0.560 bits per heavy atom. The molecule has 0 aliphatic rings. The Labute approximate surface area is 148 Å². The minimum absolute atomic E-state index is 1.04. The highest BCUT2D eigenvalue weighted by molar-refractivity contribution is 5.88. The van der Waals surface area contributed by atoms with E-state index in [4.69, 9.17) is 4.98 Å². The minimum atomic E-state index is 1.04. The molecular formula is C24H19N. The molecule has 0 radical (unpaired) electrons. The molecule has 0 spiro atoms. The summed E-state index contributed by atoms with van der Waals surface area (Å²) in [5, 5.41) is 0. The van der Waals surface area contributed by atoms with Crippen LogP contribution in [0.5, 0.6) is 0 Å². The van der Waals surface area contributed by atoms with Gasteiger partial charge in [-0.05, 0) is 29.2 Å². The van der Waals surface area contributed by atoms with E-state index < -0.39 is 0 Å². The van der Waals surface area contributed by atoms with Crippen LogP contribution in [0.15, 0.2) is 97.2 Å². The summed E-state index contributed by atoms with van der Waals surface area (Å²) in [5.74, 6) is 0. The number of rotatable bonds is 3. The van der Waals surface area contributed by atoms with E-state index in [1.807, 2.05) is 18.3 Å². The van der Waals surface area contributed by atoms with E-state index in [0.29, 0.717) is 0 Å². The number of hydrogen-bond acceptors (Lipinski definition) is 1. The van der Waals surface area contributed by atoms with Crippen LogP contribution in [0.25, 0.3) is 33.5 Å². The number of benzene rings is 3. The van der Waals surface area contributed by atoms with E-state index in [1.54, 1.807) is 0 Å². The van der Waals surface area contributed by atoms with Crippen LogP contribution >= 0.6 is 0 Å². The molecule has 3 aromatic carbocycles. The van der Waals surface area contributed by atoms with Crippen molar-refractivity contribution in [2.24, 2.45) is 0 Å². The molecule has 0 saturated heterocycles. The molecule has 0 amide bonds. The molecule has 4 aromatic rings. The van der Waals surface area contributed by atoms with E-state index in [0.717, 1.165) is 11.3 Å². The average molecular weight is 321 g/mol. The van der Waals surface area contributed by atoms with E-state index in [-0.39, 0.29) is 0 Å². The van der Waals surface area contributed by atoms with Gasteiger partial charge in [-0.2, -0.15) is 0 Å². The summed E-state index contributed by atoms with van der Waals surface area (Å²) in [5.41, 5.74) is 8.23. The fraction of sp³-hybridized carbons (Fsp3) is 0.0417. The van der Waals surface area contributed by atoms with Gasteiger partial charge in [0.05, 0.1) is 5.69 Å². The number of nitrogens with zero attached hydrogens (tertiary/aromatic N) is 1. The maximum atomic E-state index is 4.81. The fourth-order valence-corrected chi connectivity index (χ4v) is 3.31. The van der Waals surface area contributed by atoms with Gasteiger partial charge in [0.15, 0.2) is 0 Å². The van der Waals surface area contributed by atoms with Crippen molar-refractivity contribution < 1.29 is 0 Å². The predicted molar refractivity (Wildman–Crippen MR) is 105 cm³/mol. The molecule has 0 N–H and O–H groups in total. The molecule has 1 nitrogen and oxygen atoms in total. The molecular weight excluding hydrogens is 302 g/mol. The van der Waals surface area contributed by atoms with Crippen molar-refractivity contribution in [2.45, 2.75) is 6.92 Å². The summed E-state index contributed by atoms with van der Waals surface area (Å²) < 4.78 is 0. The molecule has 25 heavy (non-hydrogen) atoms. The normalized spacial score (nSPS) is 10.6. The second-order valence-electron chi connectivity index (χ2n) is 6.12. The van der Waals surface area contributed by atoms with E-state index in [2.05, 4.69) is 85.8 Å². The van der Waals surface area contributed by atoms with E-state index >= 15 is 0 Å². The molecule has 0 unspecified atom stereocenters. The third kappa shape index (κ3) is 2.97. The molecule has 1 heteroatoms. The predicted octanol–water partition coefficient (Wildman–Crippen LogP) is 6.39. The molecule has 0 aliphatic carbocycles. The van der Waals surface area contributed by atoms with Crippen LogP contribution in [0.1, 0.15) is 5.56 Å². The Kier molecular flexibility index (Phi) is 4.14. The molecule has 0 bridgehead atoms. The van der Waals surface area contributed by atoms with Gasteiger partial charge in [-0.15, -0.1) is 0 Å². The minimum Gasteiger partial charge on any atom is -0.255 e. The van der Waals surface area contributed by atoms with Gasteiger partial charge in [-0.25, -0.2) is 0 Å². The topological polar surface area (TPSA) is 12.9 Å². The monoisotopic (exact) mass is 321 g/mol. The van der Waals surface area contributed by atoms with Crippen LogP contribution in [-0.2, 0) is 0 Å². The van der Waals surface area contributed by atoms with Crippen LogP contribution in [0.3, 0.4) is 0 Å². The number of pyridine rings is 1. The lowest BCUT2D eigenvalue weighted by atomic mass is 9.90. The zero-order chi connectivity index (χ0) is 17.1. The van der Waals surface area contributed by atoms with Crippen LogP contribution in [0.4, 0.5) is 0 Å². The SMILES string of the molecule is Cc1c(-c2ccccc2)ncc(-c2ccccc2)c1-c1ccccc1. The van der Waals surface area contributed by atoms with Crippen molar-refractivity contribution in [2.75, 3.05) is 0 Å². The van der Waals surface area contributed by atoms with Gasteiger partial charge in [0.1, 0.15) is 0 Å². The highest BCUT2D eigenvalue weighted by Crippen LogP contribution is 2.37. The van der Waals surface area contributed by atoms with Gasteiger partial charge in [0.25, 0.3) is 0 Å². The third-order valence-electron chi connectivity index (χ3n) is 4.52. The lowest BCUT2D eigenvalue weighted by Crippen LogP contribution is -1.96. The van der Waals surface area contributed by atoms with Crippen molar-refractivity contribution in [1.82, 2.24) is 4.98 Å². The van der Waals surface area contributed by atoms with Gasteiger partial charge in [0, 0.05) is 17.3 Å². The first kappa shape index (κ1) is 15.3. The molecule has 1 heterocycles. The van der Waals surface area contributed by atoms with Crippen molar-refractivity contribution >= 4 is 0 Å². The second kappa shape index (κ2) is 6.74. The summed E-state index contributed by atoms with van der Waals surface area (Å²) >= 11 is 0. The Bertz CT molecular complexity index is 974.